The Kier molecular flexibility index (Phi) is 3.94. The lowest BCUT2D eigenvalue weighted by Crippen LogP contribution is -2.54. The molecule has 0 aromatic carbocycles. The minimum absolute atomic E-state index is 0.175. The molecule has 2 fully saturated rings. The number of hydrogen-bond acceptors (Lipinski definition) is 4. The Labute approximate surface area is 109 Å². The molecular formula is C13H25N3O2. The first-order chi connectivity index (χ1) is 8.45. The number of carbonyl (C=O) groups is 1. The standard InChI is InChI=1S/C13H25N3O2/c1-13(9-18-8-11(13)14)12(17)16-6-4-5-10(16)7-15(2)3/h10-11H,4-9,14H2,1-3H3. The van der Waals surface area contributed by atoms with E-state index >= 15 is 0 Å². The first-order valence-electron chi connectivity index (χ1n) is 6.74. The average Bonchev–Trinajstić information content (AvgIpc) is 2.86. The van der Waals surface area contributed by atoms with E-state index in [1.165, 1.54) is 0 Å². The van der Waals surface area contributed by atoms with Crippen molar-refractivity contribution < 1.29 is 9.53 Å². The molecular weight excluding hydrogens is 230 g/mol. The van der Waals surface area contributed by atoms with E-state index in [0.29, 0.717) is 19.3 Å². The fraction of sp³-hybridized carbons (Fsp3) is 0.923. The number of hydrogen-bond donors (Lipinski definition) is 1. The molecule has 0 bridgehead atoms. The van der Waals surface area contributed by atoms with Crippen LogP contribution in [0.5, 0.6) is 0 Å². The van der Waals surface area contributed by atoms with Crippen LogP contribution in [0.2, 0.25) is 0 Å². The van der Waals surface area contributed by atoms with Crippen LogP contribution in [0.3, 0.4) is 0 Å². The number of nitrogens with two attached hydrogens (primary N) is 1. The second-order valence-corrected chi connectivity index (χ2v) is 6.10. The molecule has 3 unspecified atom stereocenters. The van der Waals surface area contributed by atoms with Crippen LogP contribution in [-0.4, -0.2) is 68.2 Å². The van der Waals surface area contributed by atoms with Gasteiger partial charge in [-0.1, -0.05) is 0 Å². The summed E-state index contributed by atoms with van der Waals surface area (Å²) in [5, 5.41) is 0. The van der Waals surface area contributed by atoms with Crippen molar-refractivity contribution in [2.45, 2.75) is 31.8 Å². The van der Waals surface area contributed by atoms with E-state index in [0.717, 1.165) is 25.9 Å². The largest absolute Gasteiger partial charge is 0.379 e. The van der Waals surface area contributed by atoms with Gasteiger partial charge in [-0.05, 0) is 33.9 Å². The van der Waals surface area contributed by atoms with Gasteiger partial charge in [-0.15, -0.1) is 0 Å². The number of likely N-dealkylation sites (tertiary alicyclic amines) is 1. The highest BCUT2D eigenvalue weighted by molar-refractivity contribution is 5.84. The van der Waals surface area contributed by atoms with E-state index < -0.39 is 5.41 Å². The molecule has 0 spiro atoms. The van der Waals surface area contributed by atoms with E-state index in [4.69, 9.17) is 10.5 Å². The summed E-state index contributed by atoms with van der Waals surface area (Å²) in [5.41, 5.74) is 5.51. The van der Waals surface area contributed by atoms with Gasteiger partial charge in [0, 0.05) is 25.2 Å². The molecule has 0 radical (unpaired) electrons. The van der Waals surface area contributed by atoms with Crippen molar-refractivity contribution in [2.24, 2.45) is 11.1 Å². The lowest BCUT2D eigenvalue weighted by Gasteiger charge is -2.35. The first-order valence-corrected chi connectivity index (χ1v) is 6.74. The summed E-state index contributed by atoms with van der Waals surface area (Å²) in [6, 6.07) is 0.155. The van der Waals surface area contributed by atoms with Crippen molar-refractivity contribution in [2.75, 3.05) is 40.4 Å². The Morgan fingerprint density at radius 3 is 2.83 bits per heavy atom. The van der Waals surface area contributed by atoms with Crippen LogP contribution in [-0.2, 0) is 9.53 Å². The summed E-state index contributed by atoms with van der Waals surface area (Å²) in [6.07, 6.45) is 2.19. The van der Waals surface area contributed by atoms with E-state index in [-0.39, 0.29) is 11.9 Å². The molecule has 2 heterocycles. The van der Waals surface area contributed by atoms with E-state index in [9.17, 15) is 4.79 Å². The molecule has 2 rings (SSSR count). The predicted molar refractivity (Wildman–Crippen MR) is 70.2 cm³/mol. The molecule has 5 nitrogen and oxygen atoms in total. The van der Waals surface area contributed by atoms with Gasteiger partial charge in [0.2, 0.25) is 5.91 Å². The fourth-order valence-electron chi connectivity index (χ4n) is 2.95. The van der Waals surface area contributed by atoms with Crippen LogP contribution in [0.4, 0.5) is 0 Å². The molecule has 0 aromatic rings. The number of ether oxygens (including phenoxy) is 1. The lowest BCUT2D eigenvalue weighted by molar-refractivity contribution is -0.142. The van der Waals surface area contributed by atoms with Crippen LogP contribution in [0.1, 0.15) is 19.8 Å². The van der Waals surface area contributed by atoms with Crippen molar-refractivity contribution in [3.8, 4) is 0 Å². The number of likely N-dealkylation sites (N-methyl/N-ethyl adjacent to an activating group) is 1. The van der Waals surface area contributed by atoms with Gasteiger partial charge in [0.05, 0.1) is 18.6 Å². The number of carbonyl (C=O) groups excluding carboxylic acids is 1. The molecule has 0 aliphatic carbocycles. The van der Waals surface area contributed by atoms with Crippen LogP contribution in [0, 0.1) is 5.41 Å². The van der Waals surface area contributed by atoms with E-state index in [1.807, 2.05) is 25.9 Å². The van der Waals surface area contributed by atoms with Crippen molar-refractivity contribution in [1.29, 1.82) is 0 Å². The summed E-state index contributed by atoms with van der Waals surface area (Å²) in [5.74, 6) is 0.178. The summed E-state index contributed by atoms with van der Waals surface area (Å²) in [6.45, 7) is 4.68. The Morgan fingerprint density at radius 1 is 1.56 bits per heavy atom. The smallest absolute Gasteiger partial charge is 0.232 e. The van der Waals surface area contributed by atoms with Crippen molar-refractivity contribution in [3.05, 3.63) is 0 Å². The fourth-order valence-corrected chi connectivity index (χ4v) is 2.95. The second kappa shape index (κ2) is 5.15. The third-order valence-electron chi connectivity index (χ3n) is 4.22. The van der Waals surface area contributed by atoms with Crippen LogP contribution < -0.4 is 5.73 Å². The van der Waals surface area contributed by atoms with Gasteiger partial charge >= 0.3 is 0 Å². The second-order valence-electron chi connectivity index (χ2n) is 6.10. The molecule has 2 saturated heterocycles. The van der Waals surface area contributed by atoms with Gasteiger partial charge in [0.15, 0.2) is 0 Å². The Morgan fingerprint density at radius 2 is 2.28 bits per heavy atom. The third-order valence-corrected chi connectivity index (χ3v) is 4.22. The molecule has 2 aliphatic heterocycles. The molecule has 1 amide bonds. The van der Waals surface area contributed by atoms with Crippen molar-refractivity contribution >= 4 is 5.91 Å². The molecule has 3 atom stereocenters. The highest BCUT2D eigenvalue weighted by Crippen LogP contribution is 2.32. The van der Waals surface area contributed by atoms with Crippen LogP contribution in [0.25, 0.3) is 0 Å². The zero-order chi connectivity index (χ0) is 13.3. The predicted octanol–water partition coefficient (Wildman–Crippen LogP) is -0.0972. The highest BCUT2D eigenvalue weighted by atomic mass is 16.5. The molecule has 5 heteroatoms. The zero-order valence-electron chi connectivity index (χ0n) is 11.7. The highest BCUT2D eigenvalue weighted by Gasteiger charge is 2.48. The topological polar surface area (TPSA) is 58.8 Å². The summed E-state index contributed by atoms with van der Waals surface area (Å²) in [7, 11) is 4.10. The molecule has 0 aromatic heterocycles. The van der Waals surface area contributed by atoms with Gasteiger partial charge in [-0.3, -0.25) is 4.79 Å². The van der Waals surface area contributed by atoms with Gasteiger partial charge in [0.1, 0.15) is 0 Å². The Balaban J connectivity index is 2.08. The molecule has 104 valence electrons. The van der Waals surface area contributed by atoms with E-state index in [1.54, 1.807) is 0 Å². The van der Waals surface area contributed by atoms with Crippen molar-refractivity contribution in [1.82, 2.24) is 9.80 Å². The van der Waals surface area contributed by atoms with Gasteiger partial charge in [-0.25, -0.2) is 0 Å². The zero-order valence-corrected chi connectivity index (χ0v) is 11.7. The Bertz CT molecular complexity index is 321. The summed E-state index contributed by atoms with van der Waals surface area (Å²) >= 11 is 0. The number of amides is 1. The normalized spacial score (nSPS) is 36.6. The molecule has 2 aliphatic rings. The Hall–Kier alpha value is -0.650. The third kappa shape index (κ3) is 2.39. The minimum Gasteiger partial charge on any atom is -0.379 e. The average molecular weight is 255 g/mol. The van der Waals surface area contributed by atoms with Gasteiger partial charge < -0.3 is 20.3 Å². The van der Waals surface area contributed by atoms with Crippen LogP contribution in [0.15, 0.2) is 0 Å². The summed E-state index contributed by atoms with van der Waals surface area (Å²) < 4.78 is 5.39. The quantitative estimate of drug-likeness (QED) is 0.765. The lowest BCUT2D eigenvalue weighted by atomic mass is 9.84. The van der Waals surface area contributed by atoms with Gasteiger partial charge in [-0.2, -0.15) is 0 Å². The number of nitrogens with zero attached hydrogens (tertiary/aromatic N) is 2. The maximum Gasteiger partial charge on any atom is 0.232 e. The monoisotopic (exact) mass is 255 g/mol. The summed E-state index contributed by atoms with van der Waals surface area (Å²) in [4.78, 5) is 16.9. The maximum atomic E-state index is 12.7. The maximum absolute atomic E-state index is 12.7. The molecule has 2 N–H and O–H groups in total. The molecule has 18 heavy (non-hydrogen) atoms. The van der Waals surface area contributed by atoms with E-state index in [2.05, 4.69) is 4.90 Å². The SMILES string of the molecule is CN(C)CC1CCCN1C(=O)C1(C)COCC1N. The first kappa shape index (κ1) is 13.8. The van der Waals surface area contributed by atoms with Crippen LogP contribution >= 0.6 is 0 Å². The van der Waals surface area contributed by atoms with Crippen molar-refractivity contribution in [3.63, 3.8) is 0 Å². The minimum atomic E-state index is -0.533. The molecule has 0 saturated carbocycles. The van der Waals surface area contributed by atoms with Gasteiger partial charge in [0.25, 0.3) is 0 Å². The number of rotatable bonds is 3.